The largest absolute Gasteiger partial charge is 0.493 e. The molecule has 104 valence electrons. The van der Waals surface area contributed by atoms with Crippen LogP contribution in [0.25, 0.3) is 10.9 Å². The van der Waals surface area contributed by atoms with E-state index in [0.29, 0.717) is 10.8 Å². The second-order valence-corrected chi connectivity index (χ2v) is 5.97. The van der Waals surface area contributed by atoms with Gasteiger partial charge in [-0.2, -0.15) is 0 Å². The first-order valence-electron chi connectivity index (χ1n) is 6.36. The van der Waals surface area contributed by atoms with Gasteiger partial charge in [0.05, 0.1) is 5.52 Å². The van der Waals surface area contributed by atoms with E-state index in [1.165, 1.54) is 0 Å². The Morgan fingerprint density at radius 2 is 2.10 bits per heavy atom. The molecular formula is C13H13BrN4OS. The van der Waals surface area contributed by atoms with E-state index in [2.05, 4.69) is 31.1 Å². The summed E-state index contributed by atoms with van der Waals surface area (Å²) < 4.78 is 0.919. The number of benzene rings is 1. The van der Waals surface area contributed by atoms with Gasteiger partial charge in [0.15, 0.2) is 5.69 Å². The number of nitrogens with zero attached hydrogens (tertiary/aromatic N) is 3. The Morgan fingerprint density at radius 1 is 1.35 bits per heavy atom. The summed E-state index contributed by atoms with van der Waals surface area (Å²) in [5.74, 6) is 0.00562. The maximum absolute atomic E-state index is 9.92. The van der Waals surface area contributed by atoms with Crippen molar-refractivity contribution >= 4 is 49.9 Å². The molecule has 2 aromatic rings. The third-order valence-electron chi connectivity index (χ3n) is 3.33. The fourth-order valence-electron chi connectivity index (χ4n) is 2.30. The highest BCUT2D eigenvalue weighted by Gasteiger charge is 2.15. The van der Waals surface area contributed by atoms with Crippen molar-refractivity contribution in [2.45, 2.75) is 12.8 Å². The summed E-state index contributed by atoms with van der Waals surface area (Å²) in [6.07, 6.45) is 2.28. The average Bonchev–Trinajstić information content (AvgIpc) is 3.04. The van der Waals surface area contributed by atoms with E-state index < -0.39 is 0 Å². The third-order valence-corrected chi connectivity index (χ3v) is 4.16. The molecule has 0 atom stereocenters. The highest BCUT2D eigenvalue weighted by molar-refractivity contribution is 9.10. The second kappa shape index (κ2) is 5.49. The van der Waals surface area contributed by atoms with Gasteiger partial charge >= 0.3 is 0 Å². The van der Waals surface area contributed by atoms with Crippen molar-refractivity contribution in [2.24, 2.45) is 10.2 Å². The Morgan fingerprint density at radius 3 is 2.85 bits per heavy atom. The molecule has 1 aromatic heterocycles. The number of likely N-dealkylation sites (tertiary alicyclic amines) is 1. The molecule has 2 N–H and O–H groups in total. The molecule has 1 aliphatic rings. The Kier molecular flexibility index (Phi) is 3.71. The number of hydrogen-bond donors (Lipinski definition) is 2. The number of halogens is 1. The van der Waals surface area contributed by atoms with E-state index >= 15 is 0 Å². The van der Waals surface area contributed by atoms with Gasteiger partial charge in [0.1, 0.15) is 0 Å². The molecule has 5 nitrogen and oxygen atoms in total. The zero-order chi connectivity index (χ0) is 14.1. The summed E-state index contributed by atoms with van der Waals surface area (Å²) in [4.78, 5) is 4.90. The van der Waals surface area contributed by atoms with Gasteiger partial charge in [-0.15, -0.1) is 10.2 Å². The van der Waals surface area contributed by atoms with Gasteiger partial charge < -0.3 is 15.0 Å². The van der Waals surface area contributed by atoms with Crippen LogP contribution in [-0.2, 0) is 0 Å². The van der Waals surface area contributed by atoms with E-state index in [1.807, 2.05) is 23.1 Å². The lowest BCUT2D eigenvalue weighted by molar-refractivity contribution is 0.459. The third kappa shape index (κ3) is 2.55. The first-order valence-corrected chi connectivity index (χ1v) is 7.56. The molecule has 0 saturated carbocycles. The predicted octanol–water partition coefficient (Wildman–Crippen LogP) is 4.10. The number of thiocarbonyl (C=S) groups is 1. The van der Waals surface area contributed by atoms with Crippen molar-refractivity contribution in [2.75, 3.05) is 13.1 Å². The molecule has 1 fully saturated rings. The highest BCUT2D eigenvalue weighted by atomic mass is 79.9. The fourth-order valence-corrected chi connectivity index (χ4v) is 2.89. The normalized spacial score (nSPS) is 15.6. The highest BCUT2D eigenvalue weighted by Crippen LogP contribution is 2.36. The molecule has 0 spiro atoms. The van der Waals surface area contributed by atoms with Crippen molar-refractivity contribution in [1.29, 1.82) is 0 Å². The molecule has 1 saturated heterocycles. The minimum Gasteiger partial charge on any atom is -0.493 e. The molecule has 0 bridgehead atoms. The van der Waals surface area contributed by atoms with Crippen LogP contribution in [0.4, 0.5) is 5.69 Å². The number of hydrogen-bond acceptors (Lipinski definition) is 3. The van der Waals surface area contributed by atoms with Crippen LogP contribution in [-0.4, -0.2) is 33.2 Å². The summed E-state index contributed by atoms with van der Waals surface area (Å²) >= 11 is 8.65. The first-order chi connectivity index (χ1) is 9.65. The zero-order valence-corrected chi connectivity index (χ0v) is 13.0. The van der Waals surface area contributed by atoms with Gasteiger partial charge in [0.25, 0.3) is 0 Å². The molecule has 20 heavy (non-hydrogen) atoms. The standard InChI is InChI=1S/C13H13BrN4OS/c14-8-3-4-10-9(7-8)11(12(19)15-10)16-17-13(20)18-5-1-2-6-18/h3-4,7,15,19H,1-2,5-6H2. The van der Waals surface area contributed by atoms with Crippen LogP contribution in [0.2, 0.25) is 0 Å². The number of aromatic amines is 1. The monoisotopic (exact) mass is 352 g/mol. The quantitative estimate of drug-likeness (QED) is 0.599. The van der Waals surface area contributed by atoms with Crippen LogP contribution in [0.1, 0.15) is 12.8 Å². The maximum Gasteiger partial charge on any atom is 0.218 e. The number of azo groups is 1. The van der Waals surface area contributed by atoms with Crippen molar-refractivity contribution in [3.8, 4) is 5.88 Å². The van der Waals surface area contributed by atoms with E-state index in [1.54, 1.807) is 0 Å². The SMILES string of the molecule is Oc1[nH]c2ccc(Br)cc2c1N=NC(=S)N1CCCC1. The number of aromatic nitrogens is 1. The van der Waals surface area contributed by atoms with Crippen LogP contribution >= 0.6 is 28.1 Å². The maximum atomic E-state index is 9.92. The summed E-state index contributed by atoms with van der Waals surface area (Å²) in [6.45, 7) is 1.87. The molecule has 7 heteroatoms. The second-order valence-electron chi connectivity index (χ2n) is 4.69. The molecule has 0 aliphatic carbocycles. The summed E-state index contributed by atoms with van der Waals surface area (Å²) in [5, 5.41) is 19.4. The van der Waals surface area contributed by atoms with Crippen molar-refractivity contribution in [3.05, 3.63) is 22.7 Å². The number of fused-ring (bicyclic) bond motifs is 1. The molecule has 0 radical (unpaired) electrons. The van der Waals surface area contributed by atoms with Crippen LogP contribution in [0, 0.1) is 0 Å². The van der Waals surface area contributed by atoms with Gasteiger partial charge in [-0.25, -0.2) is 0 Å². The molecule has 0 unspecified atom stereocenters. The minimum absolute atomic E-state index is 0.00562. The summed E-state index contributed by atoms with van der Waals surface area (Å²) in [7, 11) is 0. The van der Waals surface area contributed by atoms with Crippen LogP contribution < -0.4 is 0 Å². The van der Waals surface area contributed by atoms with E-state index in [-0.39, 0.29) is 5.88 Å². The predicted molar refractivity (Wildman–Crippen MR) is 85.6 cm³/mol. The Bertz CT molecular complexity index is 691. The lowest BCUT2D eigenvalue weighted by Crippen LogP contribution is -2.23. The Balaban J connectivity index is 1.91. The molecule has 1 aromatic carbocycles. The van der Waals surface area contributed by atoms with Gasteiger partial charge in [-0.05, 0) is 43.3 Å². The van der Waals surface area contributed by atoms with E-state index in [0.717, 1.165) is 41.3 Å². The van der Waals surface area contributed by atoms with Crippen LogP contribution in [0.15, 0.2) is 32.9 Å². The van der Waals surface area contributed by atoms with Gasteiger partial charge in [-0.3, -0.25) is 0 Å². The van der Waals surface area contributed by atoms with E-state index in [4.69, 9.17) is 12.2 Å². The average molecular weight is 353 g/mol. The van der Waals surface area contributed by atoms with Crippen molar-refractivity contribution < 1.29 is 5.11 Å². The van der Waals surface area contributed by atoms with Gasteiger partial charge in [0.2, 0.25) is 11.0 Å². The molecule has 1 aliphatic heterocycles. The summed E-state index contributed by atoms with van der Waals surface area (Å²) in [6, 6.07) is 5.66. The number of nitrogens with one attached hydrogen (secondary N) is 1. The lowest BCUT2D eigenvalue weighted by atomic mass is 10.2. The molecule has 0 amide bonds. The fraction of sp³-hybridized carbons (Fsp3) is 0.308. The van der Waals surface area contributed by atoms with Gasteiger partial charge in [-0.1, -0.05) is 15.9 Å². The zero-order valence-electron chi connectivity index (χ0n) is 10.6. The smallest absolute Gasteiger partial charge is 0.218 e. The summed E-state index contributed by atoms with van der Waals surface area (Å²) in [5.41, 5.74) is 1.23. The molecule has 2 heterocycles. The van der Waals surface area contributed by atoms with Crippen LogP contribution in [0.3, 0.4) is 0 Å². The molecule has 3 rings (SSSR count). The van der Waals surface area contributed by atoms with Gasteiger partial charge in [0, 0.05) is 22.9 Å². The lowest BCUT2D eigenvalue weighted by Gasteiger charge is -2.12. The minimum atomic E-state index is 0.00562. The number of aromatic hydroxyl groups is 1. The van der Waals surface area contributed by atoms with Crippen molar-refractivity contribution in [1.82, 2.24) is 9.88 Å². The van der Waals surface area contributed by atoms with Crippen LogP contribution in [0.5, 0.6) is 5.88 Å². The van der Waals surface area contributed by atoms with E-state index in [9.17, 15) is 5.11 Å². The number of H-pyrrole nitrogens is 1. The Labute approximate surface area is 129 Å². The topological polar surface area (TPSA) is 64.0 Å². The number of rotatable bonds is 1. The molecular weight excluding hydrogens is 340 g/mol. The first kappa shape index (κ1) is 13.5. The van der Waals surface area contributed by atoms with Crippen molar-refractivity contribution in [3.63, 3.8) is 0 Å². The Hall–Kier alpha value is -1.47.